The molecular formula is C42H46Cl2N6O5. The van der Waals surface area contributed by atoms with Crippen molar-refractivity contribution >= 4 is 90.2 Å². The molecule has 13 heteroatoms. The fraction of sp³-hybridized carbons (Fsp3) is 0.333. The highest BCUT2D eigenvalue weighted by Crippen LogP contribution is 2.35. The van der Waals surface area contributed by atoms with E-state index in [0.717, 1.165) is 66.5 Å². The van der Waals surface area contributed by atoms with Gasteiger partial charge in [0.2, 0.25) is 5.91 Å². The first-order valence-corrected chi connectivity index (χ1v) is 19.0. The molecule has 288 valence electrons. The van der Waals surface area contributed by atoms with Gasteiger partial charge in [0.1, 0.15) is 23.1 Å². The molecule has 0 aliphatic heterocycles. The van der Waals surface area contributed by atoms with Gasteiger partial charge in [-0.05, 0) is 113 Å². The second-order valence-electron chi connectivity index (χ2n) is 14.3. The number of anilines is 2. The summed E-state index contributed by atoms with van der Waals surface area (Å²) in [7, 11) is 3.27. The third-order valence-electron chi connectivity index (χ3n) is 9.11. The minimum Gasteiger partial charge on any atom is -0.497 e. The molecule has 0 radical (unpaired) electrons. The molecule has 1 atom stereocenters. The van der Waals surface area contributed by atoms with Gasteiger partial charge in [-0.15, -0.1) is 0 Å². The number of aromatic nitrogens is 2. The van der Waals surface area contributed by atoms with E-state index in [0.29, 0.717) is 49.1 Å². The van der Waals surface area contributed by atoms with E-state index >= 15 is 0 Å². The molecule has 11 nitrogen and oxygen atoms in total. The Kier molecular flexibility index (Phi) is 12.2. The number of methoxy groups -OCH3 is 2. The maximum atomic E-state index is 13.9. The van der Waals surface area contributed by atoms with Crippen LogP contribution in [0.5, 0.6) is 11.5 Å². The summed E-state index contributed by atoms with van der Waals surface area (Å²) >= 11 is 12.7. The van der Waals surface area contributed by atoms with Gasteiger partial charge in [0.15, 0.2) is 0 Å². The first-order chi connectivity index (χ1) is 26.3. The van der Waals surface area contributed by atoms with Gasteiger partial charge in [-0.2, -0.15) is 0 Å². The number of nitrogens with one attached hydrogen (secondary N) is 3. The lowest BCUT2D eigenvalue weighted by atomic mass is 10.1. The lowest BCUT2D eigenvalue weighted by Gasteiger charge is -2.28. The van der Waals surface area contributed by atoms with Crippen molar-refractivity contribution in [2.45, 2.75) is 52.2 Å². The molecule has 0 aliphatic carbocycles. The minimum atomic E-state index is -0.800. The van der Waals surface area contributed by atoms with Gasteiger partial charge < -0.3 is 35.1 Å². The number of rotatable bonds is 14. The fourth-order valence-electron chi connectivity index (χ4n) is 6.55. The summed E-state index contributed by atoms with van der Waals surface area (Å²) in [6.45, 7) is 9.03. The summed E-state index contributed by atoms with van der Waals surface area (Å²) in [5.41, 5.74) is 4.28. The largest absolute Gasteiger partial charge is 0.497 e. The molecule has 0 aliphatic rings. The Morgan fingerprint density at radius 3 is 1.60 bits per heavy atom. The van der Waals surface area contributed by atoms with Crippen molar-refractivity contribution < 1.29 is 23.8 Å². The van der Waals surface area contributed by atoms with E-state index in [4.69, 9.17) is 47.4 Å². The summed E-state index contributed by atoms with van der Waals surface area (Å²) in [5.74, 6) is 1.24. The zero-order chi connectivity index (χ0) is 39.3. The third kappa shape index (κ3) is 9.52. The van der Waals surface area contributed by atoms with Crippen molar-refractivity contribution in [2.24, 2.45) is 0 Å². The molecule has 6 rings (SSSR count). The van der Waals surface area contributed by atoms with Crippen LogP contribution in [-0.2, 0) is 9.53 Å². The number of alkyl carbamates (subject to hydrolysis) is 1. The third-order valence-corrected chi connectivity index (χ3v) is 9.58. The smallest absolute Gasteiger partial charge is 0.408 e. The number of hydrogen-bond acceptors (Lipinski definition) is 9. The van der Waals surface area contributed by atoms with Crippen LogP contribution >= 0.6 is 23.2 Å². The minimum absolute atomic E-state index is 0.204. The van der Waals surface area contributed by atoms with Gasteiger partial charge >= 0.3 is 6.09 Å². The highest BCUT2D eigenvalue weighted by Gasteiger charge is 2.25. The van der Waals surface area contributed by atoms with Crippen LogP contribution in [0.15, 0.2) is 72.8 Å². The van der Waals surface area contributed by atoms with Crippen molar-refractivity contribution in [1.29, 1.82) is 0 Å². The van der Waals surface area contributed by atoms with E-state index in [2.05, 4.69) is 16.0 Å². The first kappa shape index (κ1) is 39.4. The molecule has 0 unspecified atom stereocenters. The number of pyridine rings is 2. The van der Waals surface area contributed by atoms with Crippen molar-refractivity contribution in [2.75, 3.05) is 51.0 Å². The molecule has 0 spiro atoms. The fourth-order valence-corrected chi connectivity index (χ4v) is 6.88. The average molecular weight is 786 g/mol. The summed E-state index contributed by atoms with van der Waals surface area (Å²) in [5, 5.41) is 14.8. The monoisotopic (exact) mass is 784 g/mol. The number of ether oxygens (including phenoxy) is 3. The highest BCUT2D eigenvalue weighted by molar-refractivity contribution is 6.32. The van der Waals surface area contributed by atoms with Crippen molar-refractivity contribution in [3.05, 3.63) is 82.8 Å². The molecule has 2 aromatic heterocycles. The summed E-state index contributed by atoms with van der Waals surface area (Å²) in [6.07, 6.45) is 0.610. The number of carbonyl (C=O) groups is 2. The van der Waals surface area contributed by atoms with E-state index < -0.39 is 17.7 Å². The standard InChI is InChI=1S/C42H46Cl2N6O5/c1-25(47-41(52)55-42(2,3)4)40(51)50(19-7-17-45-38-30-13-9-26(43)21-36(30)48-34-15-11-28(53-5)23-32(34)38)20-8-18-46-39-31-14-10-27(44)22-37(31)49-35-16-12-29(54-6)24-33(35)39/h9-16,21-25H,7-8,17-20H2,1-6H3,(H,45,48)(H,46,49)(H,47,52)/t25-/m1/s1. The van der Waals surface area contributed by atoms with Crippen LogP contribution in [0.4, 0.5) is 16.2 Å². The topological polar surface area (TPSA) is 127 Å². The van der Waals surface area contributed by atoms with Crippen LogP contribution in [0.3, 0.4) is 0 Å². The van der Waals surface area contributed by atoms with E-state index in [-0.39, 0.29) is 5.91 Å². The molecule has 4 aromatic carbocycles. The average Bonchev–Trinajstić information content (AvgIpc) is 3.14. The van der Waals surface area contributed by atoms with Crippen molar-refractivity contribution in [1.82, 2.24) is 20.2 Å². The van der Waals surface area contributed by atoms with Crippen LogP contribution in [0.1, 0.15) is 40.5 Å². The molecular weight excluding hydrogens is 739 g/mol. The lowest BCUT2D eigenvalue weighted by molar-refractivity contribution is -0.133. The van der Waals surface area contributed by atoms with Crippen LogP contribution in [0.2, 0.25) is 10.0 Å². The Balaban J connectivity index is 1.19. The van der Waals surface area contributed by atoms with Crippen LogP contribution < -0.4 is 25.4 Å². The molecule has 55 heavy (non-hydrogen) atoms. The number of nitrogens with zero attached hydrogens (tertiary/aromatic N) is 3. The van der Waals surface area contributed by atoms with Crippen molar-refractivity contribution in [3.63, 3.8) is 0 Å². The maximum Gasteiger partial charge on any atom is 0.408 e. The predicted molar refractivity (Wildman–Crippen MR) is 223 cm³/mol. The van der Waals surface area contributed by atoms with E-state index in [9.17, 15) is 9.59 Å². The normalized spacial score (nSPS) is 12.1. The van der Waals surface area contributed by atoms with E-state index in [1.807, 2.05) is 72.8 Å². The maximum absolute atomic E-state index is 13.9. The number of hydrogen-bond donors (Lipinski definition) is 3. The molecule has 0 saturated carbocycles. The van der Waals surface area contributed by atoms with Gasteiger partial charge in [0, 0.05) is 57.8 Å². The summed E-state index contributed by atoms with van der Waals surface area (Å²) < 4.78 is 16.5. The summed E-state index contributed by atoms with van der Waals surface area (Å²) in [6, 6.07) is 22.1. The SMILES string of the molecule is COc1ccc2nc3cc(Cl)ccc3c(NCCCN(CCCNc3c4ccc(Cl)cc4nc4ccc(OC)cc34)C(=O)[C@@H](C)NC(=O)OC(C)(C)C)c2c1. The van der Waals surface area contributed by atoms with Crippen LogP contribution in [0.25, 0.3) is 43.6 Å². The number of carbonyl (C=O) groups excluding carboxylic acids is 2. The Labute approximate surface area is 330 Å². The summed E-state index contributed by atoms with van der Waals surface area (Å²) in [4.78, 5) is 38.0. The Morgan fingerprint density at radius 2 is 1.16 bits per heavy atom. The second kappa shape index (κ2) is 17.0. The zero-order valence-corrected chi connectivity index (χ0v) is 33.4. The molecule has 2 heterocycles. The van der Waals surface area contributed by atoms with Gasteiger partial charge in [-0.25, -0.2) is 14.8 Å². The van der Waals surface area contributed by atoms with Crippen molar-refractivity contribution in [3.8, 4) is 11.5 Å². The Bertz CT molecular complexity index is 2230. The predicted octanol–water partition coefficient (Wildman–Crippen LogP) is 9.46. The van der Waals surface area contributed by atoms with Crippen LogP contribution in [0, 0.1) is 0 Å². The lowest BCUT2D eigenvalue weighted by Crippen LogP contribution is -2.49. The van der Waals surface area contributed by atoms with Gasteiger partial charge in [0.25, 0.3) is 0 Å². The highest BCUT2D eigenvalue weighted by atomic mass is 35.5. The molecule has 2 amide bonds. The Morgan fingerprint density at radius 1 is 0.691 bits per heavy atom. The van der Waals surface area contributed by atoms with E-state index in [1.165, 1.54) is 0 Å². The number of benzene rings is 4. The van der Waals surface area contributed by atoms with Crippen LogP contribution in [-0.4, -0.2) is 78.9 Å². The number of halogens is 2. The molecule has 0 bridgehead atoms. The Hall–Kier alpha value is -5.26. The van der Waals surface area contributed by atoms with E-state index in [1.54, 1.807) is 46.8 Å². The second-order valence-corrected chi connectivity index (χ2v) is 15.2. The zero-order valence-electron chi connectivity index (χ0n) is 31.9. The molecule has 6 aromatic rings. The van der Waals surface area contributed by atoms with Gasteiger partial charge in [-0.1, -0.05) is 23.2 Å². The number of amides is 2. The first-order valence-electron chi connectivity index (χ1n) is 18.2. The molecule has 0 fully saturated rings. The molecule has 3 N–H and O–H groups in total. The quantitative estimate of drug-likeness (QED) is 0.0731. The molecule has 0 saturated heterocycles. The number of fused-ring (bicyclic) bond motifs is 4. The van der Waals surface area contributed by atoms with Gasteiger partial charge in [0.05, 0.1) is 47.7 Å². The van der Waals surface area contributed by atoms with Gasteiger partial charge in [-0.3, -0.25) is 4.79 Å².